The van der Waals surface area contributed by atoms with Crippen LogP contribution in [0, 0.1) is 6.92 Å². The minimum Gasteiger partial charge on any atom is -0.486 e. The number of carbonyl (C=O) groups is 3. The van der Waals surface area contributed by atoms with Crippen molar-refractivity contribution in [3.63, 3.8) is 0 Å². The molecule has 29 heavy (non-hydrogen) atoms. The highest BCUT2D eigenvalue weighted by atomic mass is 35.5. The summed E-state index contributed by atoms with van der Waals surface area (Å²) in [7, 11) is 0. The van der Waals surface area contributed by atoms with Crippen molar-refractivity contribution < 1.29 is 28.6 Å². The Bertz CT molecular complexity index is 943. The molecule has 0 spiro atoms. The van der Waals surface area contributed by atoms with Gasteiger partial charge in [0, 0.05) is 22.7 Å². The second-order valence-electron chi connectivity index (χ2n) is 6.45. The highest BCUT2D eigenvalue weighted by molar-refractivity contribution is 6.31. The van der Waals surface area contributed by atoms with Crippen molar-refractivity contribution in [2.45, 2.75) is 19.8 Å². The molecule has 0 saturated carbocycles. The molecule has 0 atom stereocenters. The van der Waals surface area contributed by atoms with Gasteiger partial charge in [-0.3, -0.25) is 14.4 Å². The van der Waals surface area contributed by atoms with Gasteiger partial charge in [0.2, 0.25) is 0 Å². The van der Waals surface area contributed by atoms with Gasteiger partial charge in [0.05, 0.1) is 6.42 Å². The van der Waals surface area contributed by atoms with E-state index in [0.717, 1.165) is 5.56 Å². The molecular weight excluding hydrogens is 398 g/mol. The number of Topliss-reactive ketones (excluding diaryl/α,β-unsaturated/α-hetero) is 1. The highest BCUT2D eigenvalue weighted by Gasteiger charge is 2.16. The molecule has 8 heteroatoms. The lowest BCUT2D eigenvalue weighted by atomic mass is 10.1. The van der Waals surface area contributed by atoms with Gasteiger partial charge in [0.1, 0.15) is 13.2 Å². The lowest BCUT2D eigenvalue weighted by molar-refractivity contribution is -0.147. The third-order valence-corrected chi connectivity index (χ3v) is 4.49. The first-order valence-corrected chi connectivity index (χ1v) is 9.44. The SMILES string of the molecule is Cc1ccc(Cl)cc1NC(=O)COC(=O)CCC(=O)c1ccc2c(c1)OCCO2. The van der Waals surface area contributed by atoms with Crippen molar-refractivity contribution in [2.75, 3.05) is 25.1 Å². The van der Waals surface area contributed by atoms with E-state index in [4.69, 9.17) is 25.8 Å². The molecule has 0 radical (unpaired) electrons. The minimum atomic E-state index is -0.631. The van der Waals surface area contributed by atoms with E-state index in [0.29, 0.717) is 41.0 Å². The maximum Gasteiger partial charge on any atom is 0.306 e. The standard InChI is InChI=1S/C21H20ClNO6/c1-13-2-4-15(22)11-16(13)23-20(25)12-29-21(26)7-5-17(24)14-3-6-18-19(10-14)28-9-8-27-18/h2-4,6,10-11H,5,7-9,12H2,1H3,(H,23,25). The summed E-state index contributed by atoms with van der Waals surface area (Å²) in [4.78, 5) is 36.1. The first kappa shape index (κ1) is 20.7. The van der Waals surface area contributed by atoms with Crippen molar-refractivity contribution in [3.8, 4) is 11.5 Å². The Balaban J connectivity index is 1.44. The van der Waals surface area contributed by atoms with E-state index in [-0.39, 0.29) is 18.6 Å². The Morgan fingerprint density at radius 1 is 1.03 bits per heavy atom. The van der Waals surface area contributed by atoms with Crippen LogP contribution in [0.15, 0.2) is 36.4 Å². The van der Waals surface area contributed by atoms with E-state index in [1.165, 1.54) is 0 Å². The van der Waals surface area contributed by atoms with Crippen LogP contribution < -0.4 is 14.8 Å². The molecule has 0 bridgehead atoms. The normalized spacial score (nSPS) is 12.2. The van der Waals surface area contributed by atoms with Crippen molar-refractivity contribution >= 4 is 34.9 Å². The number of nitrogens with one attached hydrogen (secondary N) is 1. The summed E-state index contributed by atoms with van der Waals surface area (Å²) in [6.07, 6.45) is -0.162. The number of hydrogen-bond donors (Lipinski definition) is 1. The summed E-state index contributed by atoms with van der Waals surface area (Å²) in [5, 5.41) is 3.12. The molecule has 1 N–H and O–H groups in total. The summed E-state index contributed by atoms with van der Waals surface area (Å²) in [6.45, 7) is 2.27. The zero-order valence-corrected chi connectivity index (χ0v) is 16.6. The number of hydrogen-bond acceptors (Lipinski definition) is 6. The molecule has 2 aromatic rings. The van der Waals surface area contributed by atoms with E-state index in [1.807, 2.05) is 6.92 Å². The lowest BCUT2D eigenvalue weighted by Crippen LogP contribution is -2.21. The molecule has 0 aliphatic carbocycles. The topological polar surface area (TPSA) is 90.9 Å². The largest absolute Gasteiger partial charge is 0.486 e. The van der Waals surface area contributed by atoms with E-state index < -0.39 is 18.5 Å². The fourth-order valence-electron chi connectivity index (χ4n) is 2.71. The van der Waals surface area contributed by atoms with Crippen LogP contribution in [0.3, 0.4) is 0 Å². The van der Waals surface area contributed by atoms with Gasteiger partial charge in [-0.25, -0.2) is 0 Å². The van der Waals surface area contributed by atoms with Crippen LogP contribution in [0.2, 0.25) is 5.02 Å². The third kappa shape index (κ3) is 5.71. The summed E-state index contributed by atoms with van der Waals surface area (Å²) < 4.78 is 15.8. The second kappa shape index (κ2) is 9.43. The molecule has 1 amide bonds. The van der Waals surface area contributed by atoms with Crippen molar-refractivity contribution in [3.05, 3.63) is 52.5 Å². The van der Waals surface area contributed by atoms with Gasteiger partial charge in [-0.2, -0.15) is 0 Å². The van der Waals surface area contributed by atoms with Gasteiger partial charge < -0.3 is 19.5 Å². The molecule has 1 aliphatic heterocycles. The maximum atomic E-state index is 12.3. The van der Waals surface area contributed by atoms with Crippen molar-refractivity contribution in [1.82, 2.24) is 0 Å². The van der Waals surface area contributed by atoms with Crippen LogP contribution >= 0.6 is 11.6 Å². The van der Waals surface area contributed by atoms with Crippen LogP contribution in [0.1, 0.15) is 28.8 Å². The third-order valence-electron chi connectivity index (χ3n) is 4.26. The Morgan fingerprint density at radius 3 is 2.59 bits per heavy atom. The summed E-state index contributed by atoms with van der Waals surface area (Å²) in [5.74, 6) is -0.237. The Hall–Kier alpha value is -3.06. The molecule has 1 aliphatic rings. The molecule has 152 valence electrons. The van der Waals surface area contributed by atoms with E-state index in [1.54, 1.807) is 36.4 Å². The molecule has 0 aromatic heterocycles. The maximum absolute atomic E-state index is 12.3. The average Bonchev–Trinajstić information content (AvgIpc) is 2.72. The Morgan fingerprint density at radius 2 is 1.79 bits per heavy atom. The zero-order valence-electron chi connectivity index (χ0n) is 15.8. The number of halogens is 1. The number of amides is 1. The van der Waals surface area contributed by atoms with Gasteiger partial charge in [-0.05, 0) is 42.8 Å². The molecular formula is C21H20ClNO6. The minimum absolute atomic E-state index is 0.0342. The molecule has 1 heterocycles. The number of rotatable bonds is 7. The Labute approximate surface area is 172 Å². The number of anilines is 1. The predicted molar refractivity (Wildman–Crippen MR) is 107 cm³/mol. The van der Waals surface area contributed by atoms with Crippen LogP contribution in [0.4, 0.5) is 5.69 Å². The number of esters is 1. The van der Waals surface area contributed by atoms with E-state index in [2.05, 4.69) is 5.32 Å². The van der Waals surface area contributed by atoms with Gasteiger partial charge in [0.25, 0.3) is 5.91 Å². The molecule has 7 nitrogen and oxygen atoms in total. The smallest absolute Gasteiger partial charge is 0.306 e. The zero-order chi connectivity index (χ0) is 20.8. The first-order chi connectivity index (χ1) is 13.9. The number of benzene rings is 2. The molecule has 3 rings (SSSR count). The molecule has 0 saturated heterocycles. The molecule has 0 unspecified atom stereocenters. The van der Waals surface area contributed by atoms with E-state index in [9.17, 15) is 14.4 Å². The summed E-state index contributed by atoms with van der Waals surface area (Å²) in [5.41, 5.74) is 1.81. The fraction of sp³-hybridized carbons (Fsp3) is 0.286. The number of carbonyl (C=O) groups excluding carboxylic acids is 3. The number of fused-ring (bicyclic) bond motifs is 1. The first-order valence-electron chi connectivity index (χ1n) is 9.07. The average molecular weight is 418 g/mol. The van der Waals surface area contributed by atoms with Crippen LogP contribution in [-0.4, -0.2) is 37.5 Å². The van der Waals surface area contributed by atoms with Crippen LogP contribution in [0.5, 0.6) is 11.5 Å². The summed E-state index contributed by atoms with van der Waals surface area (Å²) >= 11 is 5.90. The van der Waals surface area contributed by atoms with Crippen LogP contribution in [-0.2, 0) is 14.3 Å². The number of aryl methyl sites for hydroxylation is 1. The second-order valence-corrected chi connectivity index (χ2v) is 6.89. The van der Waals surface area contributed by atoms with Gasteiger partial charge in [-0.1, -0.05) is 17.7 Å². The number of ketones is 1. The monoisotopic (exact) mass is 417 g/mol. The van der Waals surface area contributed by atoms with Gasteiger partial charge in [0.15, 0.2) is 23.9 Å². The molecule has 2 aromatic carbocycles. The van der Waals surface area contributed by atoms with E-state index >= 15 is 0 Å². The summed E-state index contributed by atoms with van der Waals surface area (Å²) in [6, 6.07) is 9.99. The lowest BCUT2D eigenvalue weighted by Gasteiger charge is -2.18. The van der Waals surface area contributed by atoms with Crippen molar-refractivity contribution in [2.24, 2.45) is 0 Å². The van der Waals surface area contributed by atoms with Crippen molar-refractivity contribution in [1.29, 1.82) is 0 Å². The fourth-order valence-corrected chi connectivity index (χ4v) is 2.88. The quantitative estimate of drug-likeness (QED) is 0.547. The molecule has 0 fully saturated rings. The highest BCUT2D eigenvalue weighted by Crippen LogP contribution is 2.31. The van der Waals surface area contributed by atoms with Crippen LogP contribution in [0.25, 0.3) is 0 Å². The Kier molecular flexibility index (Phi) is 6.72. The van der Waals surface area contributed by atoms with Gasteiger partial charge in [-0.15, -0.1) is 0 Å². The van der Waals surface area contributed by atoms with Gasteiger partial charge >= 0.3 is 5.97 Å². The number of ether oxygens (including phenoxy) is 3. The predicted octanol–water partition coefficient (Wildman–Crippen LogP) is 3.56.